The molecule has 0 aliphatic heterocycles. The summed E-state index contributed by atoms with van der Waals surface area (Å²) < 4.78 is 27.5. The number of aromatic nitrogens is 1. The third kappa shape index (κ3) is 3.49. The van der Waals surface area contributed by atoms with Gasteiger partial charge >= 0.3 is 0 Å². The van der Waals surface area contributed by atoms with Crippen LogP contribution in [0.3, 0.4) is 0 Å². The Labute approximate surface area is 127 Å². The highest BCUT2D eigenvalue weighted by Crippen LogP contribution is 2.51. The second-order valence-corrected chi connectivity index (χ2v) is 8.62. The molecule has 1 aromatic rings. The van der Waals surface area contributed by atoms with Crippen molar-refractivity contribution in [3.8, 4) is 0 Å². The van der Waals surface area contributed by atoms with Crippen LogP contribution in [-0.2, 0) is 16.6 Å². The summed E-state index contributed by atoms with van der Waals surface area (Å²) in [6.45, 7) is 5.59. The molecule has 3 N–H and O–H groups in total. The van der Waals surface area contributed by atoms with Crippen LogP contribution in [0.25, 0.3) is 0 Å². The zero-order valence-corrected chi connectivity index (χ0v) is 13.6. The van der Waals surface area contributed by atoms with Gasteiger partial charge in [0.2, 0.25) is 10.0 Å². The number of hydrogen-bond donors (Lipinski definition) is 3. The van der Waals surface area contributed by atoms with Crippen molar-refractivity contribution in [3.05, 3.63) is 18.0 Å². The van der Waals surface area contributed by atoms with E-state index in [1.54, 1.807) is 12.3 Å². The van der Waals surface area contributed by atoms with E-state index in [-0.39, 0.29) is 5.41 Å². The third-order valence-electron chi connectivity index (χ3n) is 4.92. The van der Waals surface area contributed by atoms with Gasteiger partial charge < -0.3 is 10.3 Å². The van der Waals surface area contributed by atoms with Crippen molar-refractivity contribution in [2.75, 3.05) is 6.54 Å². The molecule has 2 aliphatic rings. The van der Waals surface area contributed by atoms with Gasteiger partial charge in [0.25, 0.3) is 0 Å². The Morgan fingerprint density at radius 3 is 2.67 bits per heavy atom. The predicted molar refractivity (Wildman–Crippen MR) is 82.3 cm³/mol. The van der Waals surface area contributed by atoms with Crippen LogP contribution in [0.5, 0.6) is 0 Å². The van der Waals surface area contributed by atoms with E-state index in [1.165, 1.54) is 12.8 Å². The Bertz CT molecular complexity index is 598. The van der Waals surface area contributed by atoms with E-state index in [4.69, 9.17) is 0 Å². The highest BCUT2D eigenvalue weighted by molar-refractivity contribution is 7.89. The summed E-state index contributed by atoms with van der Waals surface area (Å²) in [5.41, 5.74) is 1.10. The highest BCUT2D eigenvalue weighted by atomic mass is 32.2. The van der Waals surface area contributed by atoms with Crippen LogP contribution < -0.4 is 10.0 Å². The van der Waals surface area contributed by atoms with Gasteiger partial charge in [-0.15, -0.1) is 0 Å². The molecule has 21 heavy (non-hydrogen) atoms. The van der Waals surface area contributed by atoms with Gasteiger partial charge in [0.1, 0.15) is 0 Å². The monoisotopic (exact) mass is 311 g/mol. The van der Waals surface area contributed by atoms with Crippen molar-refractivity contribution >= 4 is 10.0 Å². The summed E-state index contributed by atoms with van der Waals surface area (Å²) in [4.78, 5) is 3.39. The highest BCUT2D eigenvalue weighted by Gasteiger charge is 2.45. The first-order chi connectivity index (χ1) is 9.91. The van der Waals surface area contributed by atoms with E-state index in [0.717, 1.165) is 18.5 Å². The Morgan fingerprint density at radius 2 is 2.10 bits per heavy atom. The molecule has 1 heterocycles. The summed E-state index contributed by atoms with van der Waals surface area (Å²) in [5.74, 6) is 0.518. The minimum atomic E-state index is -3.40. The van der Waals surface area contributed by atoms with Crippen molar-refractivity contribution < 1.29 is 8.42 Å². The number of sulfonamides is 1. The quantitative estimate of drug-likeness (QED) is 0.687. The summed E-state index contributed by atoms with van der Waals surface area (Å²) in [5, 5.41) is 3.37. The first-order valence-electron chi connectivity index (χ1n) is 7.82. The zero-order chi connectivity index (χ0) is 15.1. The maximum absolute atomic E-state index is 12.3. The van der Waals surface area contributed by atoms with Gasteiger partial charge in [-0.25, -0.2) is 13.1 Å². The lowest BCUT2D eigenvalue weighted by atomic mass is 9.93. The van der Waals surface area contributed by atoms with Crippen molar-refractivity contribution in [1.29, 1.82) is 0 Å². The minimum Gasteiger partial charge on any atom is -0.363 e. The summed E-state index contributed by atoms with van der Waals surface area (Å²) in [7, 11) is -3.40. The van der Waals surface area contributed by atoms with Gasteiger partial charge in [-0.3, -0.25) is 0 Å². The van der Waals surface area contributed by atoms with Crippen molar-refractivity contribution in [1.82, 2.24) is 15.0 Å². The number of hydrogen-bond acceptors (Lipinski definition) is 3. The average Bonchev–Trinajstić information content (AvgIpc) is 3.34. The molecule has 1 aromatic heterocycles. The van der Waals surface area contributed by atoms with E-state index < -0.39 is 10.0 Å². The molecule has 3 rings (SSSR count). The molecule has 0 amide bonds. The van der Waals surface area contributed by atoms with Gasteiger partial charge in [0.05, 0.1) is 4.90 Å². The summed E-state index contributed by atoms with van der Waals surface area (Å²) in [6.07, 6.45) is 6.28. The summed E-state index contributed by atoms with van der Waals surface area (Å²) >= 11 is 0. The first-order valence-corrected chi connectivity index (χ1v) is 9.30. The molecule has 0 saturated heterocycles. The fourth-order valence-electron chi connectivity index (χ4n) is 2.66. The number of rotatable bonds is 8. The topological polar surface area (TPSA) is 74.0 Å². The zero-order valence-electron chi connectivity index (χ0n) is 12.8. The van der Waals surface area contributed by atoms with Crippen LogP contribution in [0, 0.1) is 11.3 Å². The molecule has 2 fully saturated rings. The molecular weight excluding hydrogens is 286 g/mol. The second kappa shape index (κ2) is 5.41. The fourth-order valence-corrected chi connectivity index (χ4v) is 3.81. The van der Waals surface area contributed by atoms with Crippen LogP contribution >= 0.6 is 0 Å². The Kier molecular flexibility index (Phi) is 3.88. The molecule has 2 saturated carbocycles. The molecule has 6 heteroatoms. The molecule has 2 aliphatic carbocycles. The first kappa shape index (κ1) is 15.1. The fraction of sp³-hybridized carbons (Fsp3) is 0.733. The van der Waals surface area contributed by atoms with E-state index in [0.29, 0.717) is 29.9 Å². The van der Waals surface area contributed by atoms with E-state index in [2.05, 4.69) is 28.9 Å². The van der Waals surface area contributed by atoms with E-state index in [9.17, 15) is 8.42 Å². The van der Waals surface area contributed by atoms with Gasteiger partial charge in [-0.1, -0.05) is 13.8 Å². The average molecular weight is 311 g/mol. The maximum Gasteiger partial charge on any atom is 0.242 e. The molecule has 0 bridgehead atoms. The van der Waals surface area contributed by atoms with Gasteiger partial charge in [0.15, 0.2) is 0 Å². The van der Waals surface area contributed by atoms with Crippen LogP contribution in [0.2, 0.25) is 0 Å². The SMILES string of the molecule is CC(C)C1(CNS(=O)(=O)c2c[nH]c(CNC3CC3)c2)CC1. The molecule has 0 aromatic carbocycles. The van der Waals surface area contributed by atoms with Crippen molar-refractivity contribution in [3.63, 3.8) is 0 Å². The lowest BCUT2D eigenvalue weighted by molar-refractivity contribution is 0.357. The maximum atomic E-state index is 12.3. The van der Waals surface area contributed by atoms with Crippen molar-refractivity contribution in [2.45, 2.75) is 57.0 Å². The largest absolute Gasteiger partial charge is 0.363 e. The molecular formula is C15H25N3O2S. The van der Waals surface area contributed by atoms with E-state index in [1.807, 2.05) is 0 Å². The Hall–Kier alpha value is -0.850. The van der Waals surface area contributed by atoms with Gasteiger partial charge in [-0.05, 0) is 43.1 Å². The lowest BCUT2D eigenvalue weighted by Crippen LogP contribution is -2.32. The number of H-pyrrole nitrogens is 1. The lowest BCUT2D eigenvalue weighted by Gasteiger charge is -2.19. The molecule has 5 nitrogen and oxygen atoms in total. The second-order valence-electron chi connectivity index (χ2n) is 6.86. The minimum absolute atomic E-state index is 0.180. The van der Waals surface area contributed by atoms with Crippen LogP contribution in [0.1, 0.15) is 45.2 Å². The van der Waals surface area contributed by atoms with Gasteiger partial charge in [-0.2, -0.15) is 0 Å². The predicted octanol–water partition coefficient (Wildman–Crippen LogP) is 1.98. The van der Waals surface area contributed by atoms with Crippen LogP contribution in [0.4, 0.5) is 0 Å². The Balaban J connectivity index is 1.58. The van der Waals surface area contributed by atoms with Crippen molar-refractivity contribution in [2.24, 2.45) is 11.3 Å². The Morgan fingerprint density at radius 1 is 1.38 bits per heavy atom. The molecule has 0 spiro atoms. The number of nitrogens with one attached hydrogen (secondary N) is 3. The van der Waals surface area contributed by atoms with Crippen LogP contribution in [0.15, 0.2) is 17.2 Å². The van der Waals surface area contributed by atoms with Gasteiger partial charge in [0, 0.05) is 31.0 Å². The third-order valence-corrected chi connectivity index (χ3v) is 6.30. The number of aromatic amines is 1. The molecule has 0 atom stereocenters. The standard InChI is InChI=1S/C15H25N3O2S/c1-11(2)15(5-6-15)10-18-21(19,20)14-7-13(17-9-14)8-16-12-3-4-12/h7,9,11-12,16-18H,3-6,8,10H2,1-2H3. The smallest absolute Gasteiger partial charge is 0.242 e. The van der Waals surface area contributed by atoms with Crippen LogP contribution in [-0.4, -0.2) is 26.0 Å². The normalized spacial score (nSPS) is 20.9. The summed E-state index contributed by atoms with van der Waals surface area (Å²) in [6, 6.07) is 2.35. The van der Waals surface area contributed by atoms with E-state index >= 15 is 0 Å². The molecule has 118 valence electrons. The molecule has 0 radical (unpaired) electrons. The molecule has 0 unspecified atom stereocenters.